The van der Waals surface area contributed by atoms with Gasteiger partial charge in [0.05, 0.1) is 11.3 Å². The molecule has 0 aliphatic carbocycles. The van der Waals surface area contributed by atoms with Gasteiger partial charge < -0.3 is 9.47 Å². The molecule has 3 heterocycles. The molecular weight excluding hydrogens is 318 g/mol. The van der Waals surface area contributed by atoms with Crippen molar-refractivity contribution >= 4 is 10.0 Å². The first-order chi connectivity index (χ1) is 10.9. The number of hydrogen-bond acceptors (Lipinski definition) is 5. The summed E-state index contributed by atoms with van der Waals surface area (Å²) in [5.41, 5.74) is 0.477. The molecular formula is C15H25N3O4S. The van der Waals surface area contributed by atoms with Crippen LogP contribution in [0.25, 0.3) is 0 Å². The van der Waals surface area contributed by atoms with E-state index in [0.29, 0.717) is 44.9 Å². The van der Waals surface area contributed by atoms with E-state index >= 15 is 0 Å². The monoisotopic (exact) mass is 343 g/mol. The van der Waals surface area contributed by atoms with E-state index in [2.05, 4.69) is 9.82 Å². The van der Waals surface area contributed by atoms with E-state index in [1.54, 1.807) is 13.0 Å². The zero-order valence-corrected chi connectivity index (χ0v) is 14.6. The van der Waals surface area contributed by atoms with Crippen LogP contribution < -0.4 is 4.72 Å². The highest BCUT2D eigenvalue weighted by atomic mass is 32.2. The van der Waals surface area contributed by atoms with Gasteiger partial charge in [0.25, 0.3) is 10.0 Å². The summed E-state index contributed by atoms with van der Waals surface area (Å²) in [4.78, 5) is 0. The summed E-state index contributed by atoms with van der Waals surface area (Å²) in [7, 11) is -3.57. The van der Waals surface area contributed by atoms with Crippen molar-refractivity contribution in [2.24, 2.45) is 0 Å². The summed E-state index contributed by atoms with van der Waals surface area (Å²) in [6.45, 7) is 6.16. The number of aromatic nitrogens is 2. The van der Waals surface area contributed by atoms with E-state index in [1.807, 2.05) is 6.92 Å². The van der Waals surface area contributed by atoms with Crippen molar-refractivity contribution in [3.8, 4) is 0 Å². The van der Waals surface area contributed by atoms with Gasteiger partial charge in [-0.05, 0) is 45.6 Å². The maximum absolute atomic E-state index is 12.7. The van der Waals surface area contributed by atoms with Crippen molar-refractivity contribution in [3.63, 3.8) is 0 Å². The molecule has 8 heteroatoms. The molecule has 23 heavy (non-hydrogen) atoms. The third kappa shape index (κ3) is 3.60. The number of nitrogens with zero attached hydrogens (tertiary/aromatic N) is 2. The van der Waals surface area contributed by atoms with Crippen molar-refractivity contribution in [1.82, 2.24) is 14.5 Å². The fourth-order valence-corrected chi connectivity index (χ4v) is 5.00. The first-order valence-corrected chi connectivity index (χ1v) is 9.71. The van der Waals surface area contributed by atoms with Crippen molar-refractivity contribution in [2.75, 3.05) is 19.8 Å². The van der Waals surface area contributed by atoms with Crippen LogP contribution in [0.15, 0.2) is 11.1 Å². The van der Waals surface area contributed by atoms with E-state index in [4.69, 9.17) is 9.47 Å². The maximum Gasteiger partial charge on any atom is 0.257 e. The van der Waals surface area contributed by atoms with Crippen LogP contribution in [0, 0.1) is 6.92 Å². The highest BCUT2D eigenvalue weighted by molar-refractivity contribution is 7.89. The largest absolute Gasteiger partial charge is 0.381 e. The smallest absolute Gasteiger partial charge is 0.257 e. The van der Waals surface area contributed by atoms with Crippen LogP contribution in [0.2, 0.25) is 0 Å². The lowest BCUT2D eigenvalue weighted by atomic mass is 9.84. The van der Waals surface area contributed by atoms with E-state index in [1.165, 1.54) is 4.68 Å². The molecule has 0 radical (unpaired) electrons. The Kier molecular flexibility index (Phi) is 4.78. The minimum Gasteiger partial charge on any atom is -0.381 e. The van der Waals surface area contributed by atoms with Gasteiger partial charge in [-0.25, -0.2) is 13.1 Å². The van der Waals surface area contributed by atoms with Crippen LogP contribution >= 0.6 is 0 Å². The molecule has 0 bridgehead atoms. The molecule has 7 nitrogen and oxygen atoms in total. The summed E-state index contributed by atoms with van der Waals surface area (Å²) in [5, 5.41) is 4.47. The van der Waals surface area contributed by atoms with Crippen LogP contribution in [0.1, 0.15) is 38.3 Å². The van der Waals surface area contributed by atoms with Gasteiger partial charge in [-0.2, -0.15) is 5.10 Å². The number of ether oxygens (including phenoxy) is 2. The van der Waals surface area contributed by atoms with Gasteiger partial charge in [-0.1, -0.05) is 0 Å². The third-order valence-corrected chi connectivity index (χ3v) is 6.18. The van der Waals surface area contributed by atoms with E-state index < -0.39 is 10.0 Å². The zero-order chi connectivity index (χ0) is 16.5. The lowest BCUT2D eigenvalue weighted by Gasteiger charge is -2.43. The predicted octanol–water partition coefficient (Wildman–Crippen LogP) is 1.22. The summed E-state index contributed by atoms with van der Waals surface area (Å²) < 4.78 is 41.2. The SMILES string of the molecule is CCn1nc(C)cc1S(=O)(=O)N[C@H]1CCOC2(CCOCC2)C1. The van der Waals surface area contributed by atoms with Gasteiger partial charge in [0.1, 0.15) is 0 Å². The number of nitrogens with one attached hydrogen (secondary N) is 1. The zero-order valence-electron chi connectivity index (χ0n) is 13.7. The summed E-state index contributed by atoms with van der Waals surface area (Å²) >= 11 is 0. The lowest BCUT2D eigenvalue weighted by Crippen LogP contribution is -2.51. The molecule has 0 saturated carbocycles. The standard InChI is InChI=1S/C15H25N3O4S/c1-3-18-14(10-12(2)16-18)23(19,20)17-13-4-7-22-15(11-13)5-8-21-9-6-15/h10,13,17H,3-9,11H2,1-2H3/t13-/m0/s1. The molecule has 2 aliphatic rings. The number of rotatable bonds is 4. The van der Waals surface area contributed by atoms with E-state index in [-0.39, 0.29) is 16.7 Å². The minimum atomic E-state index is -3.57. The van der Waals surface area contributed by atoms with Crippen molar-refractivity contribution in [1.29, 1.82) is 0 Å². The highest BCUT2D eigenvalue weighted by Gasteiger charge is 2.40. The summed E-state index contributed by atoms with van der Waals surface area (Å²) in [5.74, 6) is 0. The Hall–Kier alpha value is -0.960. The van der Waals surface area contributed by atoms with Crippen molar-refractivity contribution < 1.29 is 17.9 Å². The van der Waals surface area contributed by atoms with Crippen molar-refractivity contribution in [2.45, 2.75) is 62.7 Å². The molecule has 1 spiro atoms. The molecule has 1 atom stereocenters. The van der Waals surface area contributed by atoms with Crippen LogP contribution in [-0.2, 0) is 26.0 Å². The van der Waals surface area contributed by atoms with Gasteiger partial charge in [0.15, 0.2) is 5.03 Å². The molecule has 0 aromatic carbocycles. The fourth-order valence-electron chi connectivity index (χ4n) is 3.46. The predicted molar refractivity (Wildman–Crippen MR) is 84.7 cm³/mol. The van der Waals surface area contributed by atoms with Crippen LogP contribution in [0.4, 0.5) is 0 Å². The summed E-state index contributed by atoms with van der Waals surface area (Å²) in [6, 6.07) is 1.52. The first kappa shape index (κ1) is 16.9. The normalized spacial score (nSPS) is 24.9. The summed E-state index contributed by atoms with van der Waals surface area (Å²) in [6.07, 6.45) is 3.06. The average Bonchev–Trinajstić information content (AvgIpc) is 2.90. The van der Waals surface area contributed by atoms with Gasteiger partial charge in [0.2, 0.25) is 0 Å². The molecule has 1 aromatic rings. The first-order valence-electron chi connectivity index (χ1n) is 8.23. The molecule has 0 unspecified atom stereocenters. The van der Waals surface area contributed by atoms with Crippen molar-refractivity contribution in [3.05, 3.63) is 11.8 Å². The second-order valence-electron chi connectivity index (χ2n) is 6.39. The average molecular weight is 343 g/mol. The Morgan fingerprint density at radius 3 is 2.83 bits per heavy atom. The topological polar surface area (TPSA) is 82.5 Å². The van der Waals surface area contributed by atoms with Gasteiger partial charge in [0, 0.05) is 32.4 Å². The van der Waals surface area contributed by atoms with E-state index in [0.717, 1.165) is 12.8 Å². The van der Waals surface area contributed by atoms with Gasteiger partial charge in [-0.15, -0.1) is 0 Å². The quantitative estimate of drug-likeness (QED) is 0.889. The Labute approximate surface area is 137 Å². The molecule has 0 amide bonds. The Morgan fingerprint density at radius 2 is 2.13 bits per heavy atom. The Bertz CT molecular complexity index is 644. The lowest BCUT2D eigenvalue weighted by molar-refractivity contribution is -0.138. The second kappa shape index (κ2) is 6.51. The number of hydrogen-bond donors (Lipinski definition) is 1. The van der Waals surface area contributed by atoms with Gasteiger partial charge in [-0.3, -0.25) is 4.68 Å². The van der Waals surface area contributed by atoms with Crippen LogP contribution in [-0.4, -0.2) is 49.7 Å². The minimum absolute atomic E-state index is 0.104. The molecule has 1 N–H and O–H groups in total. The van der Waals surface area contributed by atoms with Crippen LogP contribution in [0.5, 0.6) is 0 Å². The maximum atomic E-state index is 12.7. The molecule has 2 fully saturated rings. The Balaban J connectivity index is 1.74. The molecule has 2 saturated heterocycles. The Morgan fingerprint density at radius 1 is 1.39 bits per heavy atom. The van der Waals surface area contributed by atoms with Crippen LogP contribution in [0.3, 0.4) is 0 Å². The molecule has 130 valence electrons. The third-order valence-electron chi connectivity index (χ3n) is 4.66. The molecule has 1 aromatic heterocycles. The van der Waals surface area contributed by atoms with Gasteiger partial charge >= 0.3 is 0 Å². The number of aryl methyl sites for hydroxylation is 2. The number of sulfonamides is 1. The van der Waals surface area contributed by atoms with E-state index in [9.17, 15) is 8.42 Å². The molecule has 3 rings (SSSR count). The molecule has 2 aliphatic heterocycles. The second-order valence-corrected chi connectivity index (χ2v) is 8.06. The fraction of sp³-hybridized carbons (Fsp3) is 0.800. The highest BCUT2D eigenvalue weighted by Crippen LogP contribution is 2.34.